The Labute approximate surface area is 173 Å². The van der Waals surface area contributed by atoms with Crippen molar-refractivity contribution < 1.29 is 18.7 Å². The van der Waals surface area contributed by atoms with Gasteiger partial charge in [0, 0.05) is 17.8 Å². The molecule has 1 saturated heterocycles. The molecule has 1 aliphatic heterocycles. The van der Waals surface area contributed by atoms with Gasteiger partial charge < -0.3 is 4.74 Å². The van der Waals surface area contributed by atoms with Crippen LogP contribution >= 0.6 is 11.3 Å². The van der Waals surface area contributed by atoms with Crippen LogP contribution in [0.4, 0.5) is 4.39 Å². The van der Waals surface area contributed by atoms with Crippen LogP contribution in [-0.4, -0.2) is 40.9 Å². The van der Waals surface area contributed by atoms with Crippen molar-refractivity contribution >= 4 is 23.2 Å². The molecule has 3 rings (SSSR count). The molecular weight excluding hydrogens is 395 g/mol. The van der Waals surface area contributed by atoms with Crippen molar-refractivity contribution in [2.75, 3.05) is 13.1 Å². The molecule has 0 radical (unpaired) electrons. The minimum atomic E-state index is -0.949. The molecule has 1 aromatic carbocycles. The smallest absolute Gasteiger partial charge is 0.279 e. The van der Waals surface area contributed by atoms with Gasteiger partial charge in [0.15, 0.2) is 17.7 Å². The number of aromatic nitrogens is 1. The quantitative estimate of drug-likeness (QED) is 0.702. The summed E-state index contributed by atoms with van der Waals surface area (Å²) >= 11 is 1.64. The molecule has 2 aromatic rings. The SMILES string of the molecule is Cc1nc(CN2CCC(C(=O)NNC(=O)C(C)Oc3ccccc3F)CC2)cs1. The molecule has 2 N–H and O–H groups in total. The second-order valence-corrected chi connectivity index (χ2v) is 8.14. The number of hydrogen-bond acceptors (Lipinski definition) is 6. The van der Waals surface area contributed by atoms with Gasteiger partial charge in [0.05, 0.1) is 10.7 Å². The van der Waals surface area contributed by atoms with Crippen molar-refractivity contribution in [3.63, 3.8) is 0 Å². The molecule has 1 aromatic heterocycles. The summed E-state index contributed by atoms with van der Waals surface area (Å²) in [6.07, 6.45) is 0.480. The summed E-state index contributed by atoms with van der Waals surface area (Å²) in [5.74, 6) is -1.48. The molecule has 9 heteroatoms. The largest absolute Gasteiger partial charge is 0.478 e. The molecule has 0 aliphatic carbocycles. The Morgan fingerprint density at radius 1 is 1.31 bits per heavy atom. The molecule has 0 saturated carbocycles. The van der Waals surface area contributed by atoms with E-state index in [1.165, 1.54) is 25.1 Å². The third-order valence-electron chi connectivity index (χ3n) is 4.83. The first-order valence-corrected chi connectivity index (χ1v) is 10.4. The van der Waals surface area contributed by atoms with Crippen LogP contribution in [0.3, 0.4) is 0 Å². The van der Waals surface area contributed by atoms with E-state index in [-0.39, 0.29) is 17.6 Å². The monoisotopic (exact) mass is 420 g/mol. The zero-order chi connectivity index (χ0) is 20.8. The Bertz CT molecular complexity index is 852. The third-order valence-corrected chi connectivity index (χ3v) is 5.65. The lowest BCUT2D eigenvalue weighted by atomic mass is 9.96. The fourth-order valence-electron chi connectivity index (χ4n) is 3.17. The summed E-state index contributed by atoms with van der Waals surface area (Å²) in [6, 6.07) is 5.85. The van der Waals surface area contributed by atoms with Crippen molar-refractivity contribution in [2.45, 2.75) is 39.3 Å². The lowest BCUT2D eigenvalue weighted by Crippen LogP contribution is -2.50. The molecule has 0 spiro atoms. The second-order valence-electron chi connectivity index (χ2n) is 7.08. The number of amides is 2. The Morgan fingerprint density at radius 3 is 2.69 bits per heavy atom. The molecule has 1 unspecified atom stereocenters. The Morgan fingerprint density at radius 2 is 2.03 bits per heavy atom. The average Bonchev–Trinajstić information content (AvgIpc) is 3.12. The minimum absolute atomic E-state index is 0.0100. The van der Waals surface area contributed by atoms with E-state index >= 15 is 0 Å². The Balaban J connectivity index is 1.39. The van der Waals surface area contributed by atoms with E-state index in [1.54, 1.807) is 17.4 Å². The molecule has 1 fully saturated rings. The molecule has 156 valence electrons. The maximum atomic E-state index is 13.6. The summed E-state index contributed by atoms with van der Waals surface area (Å²) in [5, 5.41) is 3.12. The van der Waals surface area contributed by atoms with Crippen LogP contribution in [0.5, 0.6) is 5.75 Å². The van der Waals surface area contributed by atoms with Crippen LogP contribution < -0.4 is 15.6 Å². The van der Waals surface area contributed by atoms with Gasteiger partial charge in [-0.25, -0.2) is 9.37 Å². The lowest BCUT2D eigenvalue weighted by Gasteiger charge is -2.30. The van der Waals surface area contributed by atoms with Gasteiger partial charge in [-0.2, -0.15) is 0 Å². The van der Waals surface area contributed by atoms with Gasteiger partial charge in [-0.15, -0.1) is 11.3 Å². The van der Waals surface area contributed by atoms with E-state index in [4.69, 9.17) is 4.74 Å². The number of likely N-dealkylation sites (tertiary alicyclic amines) is 1. The van der Waals surface area contributed by atoms with Crippen LogP contribution in [0, 0.1) is 18.7 Å². The predicted octanol–water partition coefficient (Wildman–Crippen LogP) is 2.42. The van der Waals surface area contributed by atoms with Crippen LogP contribution in [0.2, 0.25) is 0 Å². The standard InChI is InChI=1S/C20H25FN4O3S/c1-13(28-18-6-4-3-5-17(18)21)19(26)23-24-20(27)15-7-9-25(10-8-15)11-16-12-29-14(2)22-16/h3-6,12-13,15H,7-11H2,1-2H3,(H,23,26)(H,24,27). The highest BCUT2D eigenvalue weighted by Crippen LogP contribution is 2.20. The number of carbonyl (C=O) groups excluding carboxylic acids is 2. The zero-order valence-corrected chi connectivity index (χ0v) is 17.3. The van der Waals surface area contributed by atoms with Crippen LogP contribution in [0.1, 0.15) is 30.5 Å². The van der Waals surface area contributed by atoms with E-state index in [0.29, 0.717) is 12.8 Å². The highest BCUT2D eigenvalue weighted by molar-refractivity contribution is 7.09. The molecule has 29 heavy (non-hydrogen) atoms. The van der Waals surface area contributed by atoms with Gasteiger partial charge in [-0.05, 0) is 51.9 Å². The van der Waals surface area contributed by atoms with E-state index in [1.807, 2.05) is 6.92 Å². The molecular formula is C20H25FN4O3S. The number of para-hydroxylation sites is 1. The third kappa shape index (κ3) is 5.98. The molecule has 2 amide bonds. The van der Waals surface area contributed by atoms with Gasteiger partial charge in [0.25, 0.3) is 5.91 Å². The number of thiazole rings is 1. The predicted molar refractivity (Wildman–Crippen MR) is 108 cm³/mol. The Kier molecular flexibility index (Phi) is 7.16. The highest BCUT2D eigenvalue weighted by atomic mass is 32.1. The number of nitrogens with one attached hydrogen (secondary N) is 2. The maximum absolute atomic E-state index is 13.6. The number of ether oxygens (including phenoxy) is 1. The number of rotatable bonds is 6. The first-order valence-electron chi connectivity index (χ1n) is 9.56. The van der Waals surface area contributed by atoms with Gasteiger partial charge in [-0.1, -0.05) is 12.1 Å². The molecule has 7 nitrogen and oxygen atoms in total. The molecule has 1 atom stereocenters. The van der Waals surface area contributed by atoms with Gasteiger partial charge >= 0.3 is 0 Å². The number of carbonyl (C=O) groups is 2. The summed E-state index contributed by atoms with van der Waals surface area (Å²) in [4.78, 5) is 31.2. The van der Waals surface area contributed by atoms with Crippen molar-refractivity contribution in [1.82, 2.24) is 20.7 Å². The molecule has 0 bridgehead atoms. The van der Waals surface area contributed by atoms with Crippen molar-refractivity contribution in [2.24, 2.45) is 5.92 Å². The van der Waals surface area contributed by atoms with Gasteiger partial charge in [-0.3, -0.25) is 25.3 Å². The number of hydrazine groups is 1. The summed E-state index contributed by atoms with van der Waals surface area (Å²) in [7, 11) is 0. The van der Waals surface area contributed by atoms with Crippen molar-refractivity contribution in [3.8, 4) is 5.75 Å². The highest BCUT2D eigenvalue weighted by Gasteiger charge is 2.26. The number of halogens is 1. The summed E-state index contributed by atoms with van der Waals surface area (Å²) in [6.45, 7) is 5.87. The first kappa shape index (κ1) is 21.2. The summed E-state index contributed by atoms with van der Waals surface area (Å²) < 4.78 is 18.9. The van der Waals surface area contributed by atoms with Gasteiger partial charge in [0.2, 0.25) is 5.91 Å². The summed E-state index contributed by atoms with van der Waals surface area (Å²) in [5.41, 5.74) is 5.89. The topological polar surface area (TPSA) is 83.6 Å². The second kappa shape index (κ2) is 9.80. The number of piperidine rings is 1. The number of nitrogens with zero attached hydrogens (tertiary/aromatic N) is 2. The van der Waals surface area contributed by atoms with Crippen LogP contribution in [0.25, 0.3) is 0 Å². The number of hydrogen-bond donors (Lipinski definition) is 2. The zero-order valence-electron chi connectivity index (χ0n) is 16.5. The van der Waals surface area contributed by atoms with E-state index in [2.05, 4.69) is 26.1 Å². The fourth-order valence-corrected chi connectivity index (χ4v) is 3.78. The molecule has 1 aliphatic rings. The lowest BCUT2D eigenvalue weighted by molar-refractivity contribution is -0.135. The Hall–Kier alpha value is -2.52. The van der Waals surface area contributed by atoms with E-state index < -0.39 is 17.8 Å². The fraction of sp³-hybridized carbons (Fsp3) is 0.450. The molecule has 2 heterocycles. The number of benzene rings is 1. The first-order chi connectivity index (χ1) is 13.9. The van der Waals surface area contributed by atoms with E-state index in [0.717, 1.165) is 30.3 Å². The van der Waals surface area contributed by atoms with Crippen LogP contribution in [-0.2, 0) is 16.1 Å². The van der Waals surface area contributed by atoms with Gasteiger partial charge in [0.1, 0.15) is 0 Å². The van der Waals surface area contributed by atoms with Crippen molar-refractivity contribution in [3.05, 3.63) is 46.2 Å². The van der Waals surface area contributed by atoms with Crippen LogP contribution in [0.15, 0.2) is 29.6 Å². The average molecular weight is 421 g/mol. The maximum Gasteiger partial charge on any atom is 0.279 e. The van der Waals surface area contributed by atoms with E-state index in [9.17, 15) is 14.0 Å². The number of aryl methyl sites for hydroxylation is 1. The van der Waals surface area contributed by atoms with Crippen molar-refractivity contribution in [1.29, 1.82) is 0 Å². The normalized spacial score (nSPS) is 16.2. The minimum Gasteiger partial charge on any atom is -0.478 e.